The normalized spacial score (nSPS) is 6.00. The van der Waals surface area contributed by atoms with Gasteiger partial charge in [0.1, 0.15) is 0 Å². The van der Waals surface area contributed by atoms with Gasteiger partial charge in [-0.3, -0.25) is 0 Å². The Morgan fingerprint density at radius 3 is 2.00 bits per heavy atom. The van der Waals surface area contributed by atoms with Gasteiger partial charge in [-0.2, -0.15) is 0 Å². The third-order valence-corrected chi connectivity index (χ3v) is 0.524. The fourth-order valence-electron chi connectivity index (χ4n) is 0. The van der Waals surface area contributed by atoms with Crippen molar-refractivity contribution in [3.8, 4) is 0 Å². The minimum absolute atomic E-state index is 0. The predicted molar refractivity (Wildman–Crippen MR) is 27.6 cm³/mol. The molecule has 34 valence electrons. The number of carbonyl (C=O) groups is 1. The molecule has 0 atom stereocenters. The molecule has 1 N–H and O–H groups in total. The summed E-state index contributed by atoms with van der Waals surface area (Å²) in [5, 5.41) is 7.53. The summed E-state index contributed by atoms with van der Waals surface area (Å²) < 4.78 is 3.81. The maximum atomic E-state index is 9.18. The van der Waals surface area contributed by atoms with E-state index in [1.165, 1.54) is 0 Å². The molecule has 0 amide bonds. The van der Waals surface area contributed by atoms with Crippen LogP contribution in [0.2, 0.25) is 0 Å². The Bertz CT molecular complexity index is 46.1. The second-order valence-electron chi connectivity index (χ2n) is 0.470. The monoisotopic (exact) mass is 232 g/mol. The van der Waals surface area contributed by atoms with Gasteiger partial charge in [0, 0.05) is 0 Å². The summed E-state index contributed by atoms with van der Waals surface area (Å²) in [6.45, 7) is 0. The van der Waals surface area contributed by atoms with E-state index in [-0.39, 0.29) is 59.4 Å². The Labute approximate surface area is 78.7 Å². The van der Waals surface area contributed by atoms with Crippen LogP contribution in [0, 0.1) is 0 Å². The molecule has 0 aromatic carbocycles. The van der Waals surface area contributed by atoms with Gasteiger partial charge in [-0.05, 0) is 0 Å². The second kappa shape index (κ2) is 6.06. The summed E-state index contributed by atoms with van der Waals surface area (Å²) >= 11 is 0. The molecule has 5 heteroatoms. The van der Waals surface area contributed by atoms with Gasteiger partial charge in [-0.15, -0.1) is 0 Å². The molecule has 0 radical (unpaired) electrons. The summed E-state index contributed by atoms with van der Waals surface area (Å²) in [7, 11) is 0.274. The fraction of sp³-hybridized carbons (Fsp3) is 0. The molecule has 6 heavy (non-hydrogen) atoms. The van der Waals surface area contributed by atoms with Crippen molar-refractivity contribution in [3.05, 3.63) is 0 Å². The Balaban J connectivity index is 0. The van der Waals surface area contributed by atoms with Gasteiger partial charge < -0.3 is 9.53 Å². The third kappa shape index (κ3) is 8.91. The molecule has 0 bridgehead atoms. The van der Waals surface area contributed by atoms with E-state index in [0.717, 1.165) is 0 Å². The average molecular weight is 231 g/mol. The van der Waals surface area contributed by atoms with E-state index in [9.17, 15) is 4.79 Å². The molecule has 0 aromatic rings. The van der Waals surface area contributed by atoms with Crippen molar-refractivity contribution < 1.29 is 14.3 Å². The molecule has 0 aliphatic heterocycles. The Kier molecular flexibility index (Phi) is 10.2. The van der Waals surface area contributed by atoms with Crippen LogP contribution in [0.25, 0.3) is 0 Å². The van der Waals surface area contributed by atoms with Gasteiger partial charge in [-0.25, -0.2) is 4.79 Å². The summed E-state index contributed by atoms with van der Waals surface area (Å²) in [5.74, 6) is 0. The van der Waals surface area contributed by atoms with E-state index in [4.69, 9.17) is 5.11 Å². The topological polar surface area (TPSA) is 46.5 Å². The number of rotatable bonds is 0. The van der Waals surface area contributed by atoms with Crippen LogP contribution in [-0.2, 0) is 4.43 Å². The van der Waals surface area contributed by atoms with Gasteiger partial charge in [0.2, 0.25) is 10.5 Å². The molecule has 0 fully saturated rings. The van der Waals surface area contributed by atoms with Crippen molar-refractivity contribution >= 4 is 65.5 Å². The molecule has 0 saturated heterocycles. The van der Waals surface area contributed by atoms with E-state index in [2.05, 4.69) is 4.43 Å². The van der Waals surface area contributed by atoms with Crippen LogP contribution < -0.4 is 0 Å². The fourth-order valence-corrected chi connectivity index (χ4v) is 0. The summed E-state index contributed by atoms with van der Waals surface area (Å²) in [6, 6.07) is 0. The minimum atomic E-state index is -1.18. The maximum absolute atomic E-state index is 9.18. The van der Waals surface area contributed by atoms with E-state index in [1.807, 2.05) is 0 Å². The number of hydrogen-bond acceptors (Lipinski definition) is 2. The van der Waals surface area contributed by atoms with Gasteiger partial charge in [0.05, 0.1) is 0 Å². The summed E-state index contributed by atoms with van der Waals surface area (Å²) in [5.41, 5.74) is 0. The zero-order valence-electron chi connectivity index (χ0n) is 2.76. The molecule has 0 saturated carbocycles. The average Bonchev–Trinajstić information content (AvgIpc) is 1.38. The van der Waals surface area contributed by atoms with Crippen molar-refractivity contribution in [2.45, 2.75) is 0 Å². The van der Waals surface area contributed by atoms with Crippen molar-refractivity contribution in [2.75, 3.05) is 0 Å². The molecule has 0 unspecified atom stereocenters. The first-order valence-corrected chi connectivity index (χ1v) is 1.86. The first-order valence-electron chi connectivity index (χ1n) is 1.04. The van der Waals surface area contributed by atoms with E-state index in [0.29, 0.717) is 0 Å². The van der Waals surface area contributed by atoms with Crippen molar-refractivity contribution in [1.29, 1.82) is 0 Å². The van der Waals surface area contributed by atoms with Crippen LogP contribution in [0.15, 0.2) is 0 Å². The van der Waals surface area contributed by atoms with Crippen molar-refractivity contribution in [1.82, 2.24) is 0 Å². The summed E-state index contributed by atoms with van der Waals surface area (Å²) in [6.07, 6.45) is -1.18. The molecule has 0 spiro atoms. The molecular weight excluding hydrogens is 225 g/mol. The Morgan fingerprint density at radius 1 is 1.83 bits per heavy atom. The van der Waals surface area contributed by atoms with Crippen molar-refractivity contribution in [2.24, 2.45) is 0 Å². The van der Waals surface area contributed by atoms with Crippen LogP contribution in [0.4, 0.5) is 4.79 Å². The standard InChI is InChI=1S/CH4O3Si.Ba.2H/c2-1(3)4-5;;;/h5H3,(H,2,3);;;. The third-order valence-electron chi connectivity index (χ3n) is 0.175. The predicted octanol–water partition coefficient (Wildman–Crippen LogP) is -1.95. The van der Waals surface area contributed by atoms with Crippen LogP contribution >= 0.6 is 0 Å². The van der Waals surface area contributed by atoms with Crippen LogP contribution in [0.3, 0.4) is 0 Å². The quantitative estimate of drug-likeness (QED) is 0.493. The first kappa shape index (κ1) is 10.1. The molecule has 0 heterocycles. The number of hydrogen-bond donors (Lipinski definition) is 1. The molecule has 0 aliphatic rings. The molecule has 0 aromatic heterocycles. The van der Waals surface area contributed by atoms with Crippen LogP contribution in [-0.4, -0.2) is 70.6 Å². The molecule has 0 aliphatic carbocycles. The SMILES string of the molecule is O=C(O)O[SiH3].[BaH2]. The van der Waals surface area contributed by atoms with Crippen LogP contribution in [0.5, 0.6) is 0 Å². The first-order chi connectivity index (χ1) is 2.27. The van der Waals surface area contributed by atoms with Crippen molar-refractivity contribution in [3.63, 3.8) is 0 Å². The molecule has 3 nitrogen and oxygen atoms in total. The zero-order valence-corrected chi connectivity index (χ0v) is 4.76. The van der Waals surface area contributed by atoms with Gasteiger partial charge in [0.25, 0.3) is 0 Å². The Hall–Kier alpha value is 1.06. The van der Waals surface area contributed by atoms with Gasteiger partial charge in [0.15, 0.2) is 0 Å². The Morgan fingerprint density at radius 2 is 2.00 bits per heavy atom. The van der Waals surface area contributed by atoms with E-state index >= 15 is 0 Å². The van der Waals surface area contributed by atoms with Gasteiger partial charge in [-0.1, -0.05) is 0 Å². The molecule has 0 rings (SSSR count). The van der Waals surface area contributed by atoms with Gasteiger partial charge >= 0.3 is 55.0 Å². The molecular formula is CH6BaO3Si. The zero-order chi connectivity index (χ0) is 4.28. The van der Waals surface area contributed by atoms with E-state index < -0.39 is 6.16 Å². The number of carboxylic acid groups (broad SMARTS) is 1. The second-order valence-corrected chi connectivity index (χ2v) is 0.878. The van der Waals surface area contributed by atoms with E-state index in [1.54, 1.807) is 0 Å². The van der Waals surface area contributed by atoms with Crippen LogP contribution in [0.1, 0.15) is 0 Å². The summed E-state index contributed by atoms with van der Waals surface area (Å²) in [4.78, 5) is 9.18.